The predicted octanol–water partition coefficient (Wildman–Crippen LogP) is 3.58. The van der Waals surface area contributed by atoms with Crippen LogP contribution in [0.5, 0.6) is 0 Å². The Hall–Kier alpha value is -1.84. The maximum Gasteiger partial charge on any atom is 0.253 e. The lowest BCUT2D eigenvalue weighted by Crippen LogP contribution is -2.53. The van der Waals surface area contributed by atoms with Crippen LogP contribution < -0.4 is 0 Å². The van der Waals surface area contributed by atoms with E-state index in [1.807, 2.05) is 40.1 Å². The van der Waals surface area contributed by atoms with Crippen molar-refractivity contribution in [2.75, 3.05) is 26.2 Å². The van der Waals surface area contributed by atoms with Gasteiger partial charge in [-0.05, 0) is 73.8 Å². The molecule has 4 bridgehead atoms. The Morgan fingerprint density at radius 3 is 1.89 bits per heavy atom. The summed E-state index contributed by atoms with van der Waals surface area (Å²) in [7, 11) is 0. The van der Waals surface area contributed by atoms with E-state index in [0.29, 0.717) is 37.5 Å². The number of hydrogen-bond acceptors (Lipinski definition) is 2. The average molecular weight is 367 g/mol. The van der Waals surface area contributed by atoms with Crippen LogP contribution in [0.4, 0.5) is 0 Å². The Bertz CT molecular complexity index is 686. The molecule has 27 heavy (non-hydrogen) atoms. The summed E-state index contributed by atoms with van der Waals surface area (Å²) in [6.45, 7) is 2.67. The van der Waals surface area contributed by atoms with Gasteiger partial charge in [0, 0.05) is 38.2 Å². The first-order valence-electron chi connectivity index (χ1n) is 10.7. The minimum atomic E-state index is 0.0868. The molecule has 0 unspecified atom stereocenters. The molecule has 1 saturated heterocycles. The molecule has 0 aromatic heterocycles. The van der Waals surface area contributed by atoms with E-state index in [9.17, 15) is 9.59 Å². The minimum Gasteiger partial charge on any atom is -0.339 e. The summed E-state index contributed by atoms with van der Waals surface area (Å²) in [5.41, 5.74) is 1.05. The molecule has 5 aliphatic rings. The fourth-order valence-electron chi connectivity index (χ4n) is 6.86. The van der Waals surface area contributed by atoms with E-state index in [2.05, 4.69) is 0 Å². The molecule has 6 rings (SSSR count). The quantitative estimate of drug-likeness (QED) is 0.820. The van der Waals surface area contributed by atoms with Crippen molar-refractivity contribution in [1.82, 2.24) is 9.80 Å². The van der Waals surface area contributed by atoms with Gasteiger partial charge in [0.1, 0.15) is 0 Å². The molecule has 1 aromatic carbocycles. The van der Waals surface area contributed by atoms with Crippen LogP contribution in [-0.2, 0) is 4.79 Å². The van der Waals surface area contributed by atoms with Crippen LogP contribution in [0.3, 0.4) is 0 Å². The third-order valence-electron chi connectivity index (χ3n) is 7.63. The van der Waals surface area contributed by atoms with Crippen LogP contribution in [0, 0.1) is 23.2 Å². The largest absolute Gasteiger partial charge is 0.339 e. The number of rotatable bonds is 3. The summed E-state index contributed by atoms with van der Waals surface area (Å²) in [6.07, 6.45) is 8.89. The number of benzene rings is 1. The molecule has 144 valence electrons. The van der Waals surface area contributed by atoms with Gasteiger partial charge in [-0.3, -0.25) is 9.59 Å². The molecule has 1 aliphatic heterocycles. The second-order valence-corrected chi connectivity index (χ2v) is 9.63. The molecule has 1 aromatic rings. The highest BCUT2D eigenvalue weighted by atomic mass is 16.2. The highest BCUT2D eigenvalue weighted by molar-refractivity contribution is 5.94. The van der Waals surface area contributed by atoms with Crippen LogP contribution in [0.25, 0.3) is 0 Å². The Morgan fingerprint density at radius 2 is 1.33 bits per heavy atom. The van der Waals surface area contributed by atoms with Gasteiger partial charge in [0.05, 0.1) is 0 Å². The first-order chi connectivity index (χ1) is 13.1. The van der Waals surface area contributed by atoms with Crippen molar-refractivity contribution >= 4 is 11.8 Å². The van der Waals surface area contributed by atoms with Gasteiger partial charge in [-0.1, -0.05) is 18.2 Å². The van der Waals surface area contributed by atoms with Crippen molar-refractivity contribution in [3.05, 3.63) is 35.9 Å². The van der Waals surface area contributed by atoms with Crippen molar-refractivity contribution in [2.45, 2.75) is 44.9 Å². The average Bonchev–Trinajstić information content (AvgIpc) is 2.67. The maximum absolute atomic E-state index is 13.1. The number of carbonyl (C=O) groups is 2. The lowest BCUT2D eigenvalue weighted by Gasteiger charge is -2.57. The number of carbonyl (C=O) groups excluding carboxylic acids is 2. The Balaban J connectivity index is 1.18. The number of nitrogens with zero attached hydrogens (tertiary/aromatic N) is 2. The molecule has 1 heterocycles. The molecule has 0 N–H and O–H groups in total. The van der Waals surface area contributed by atoms with Gasteiger partial charge in [0.25, 0.3) is 5.91 Å². The molecule has 0 atom stereocenters. The number of amides is 2. The molecule has 4 saturated carbocycles. The molecule has 2 amide bonds. The van der Waals surface area contributed by atoms with Crippen LogP contribution in [-0.4, -0.2) is 47.8 Å². The molecule has 4 heteroatoms. The Kier molecular flexibility index (Phi) is 4.25. The van der Waals surface area contributed by atoms with E-state index in [-0.39, 0.29) is 5.91 Å². The van der Waals surface area contributed by atoms with Gasteiger partial charge < -0.3 is 9.80 Å². The van der Waals surface area contributed by atoms with Crippen LogP contribution in [0.1, 0.15) is 55.3 Å². The number of piperazine rings is 1. The van der Waals surface area contributed by atoms with E-state index in [1.165, 1.54) is 38.5 Å². The van der Waals surface area contributed by atoms with Gasteiger partial charge in [-0.25, -0.2) is 0 Å². The lowest BCUT2D eigenvalue weighted by atomic mass is 9.49. The molecule has 4 nitrogen and oxygen atoms in total. The van der Waals surface area contributed by atoms with E-state index >= 15 is 0 Å². The Morgan fingerprint density at radius 1 is 0.815 bits per heavy atom. The summed E-state index contributed by atoms with van der Waals surface area (Å²) >= 11 is 0. The van der Waals surface area contributed by atoms with E-state index in [0.717, 1.165) is 29.7 Å². The third-order valence-corrected chi connectivity index (χ3v) is 7.63. The van der Waals surface area contributed by atoms with Gasteiger partial charge >= 0.3 is 0 Å². The lowest BCUT2D eigenvalue weighted by molar-refractivity contribution is -0.141. The minimum absolute atomic E-state index is 0.0868. The fourth-order valence-corrected chi connectivity index (χ4v) is 6.86. The third kappa shape index (κ3) is 3.28. The zero-order valence-electron chi connectivity index (χ0n) is 16.1. The second kappa shape index (κ2) is 6.65. The van der Waals surface area contributed by atoms with Crippen LogP contribution in [0.15, 0.2) is 30.3 Å². The topological polar surface area (TPSA) is 40.6 Å². The molecule has 0 radical (unpaired) electrons. The highest BCUT2D eigenvalue weighted by Crippen LogP contribution is 2.61. The normalized spacial score (nSPS) is 34.7. The molecular weight excluding hydrogens is 336 g/mol. The van der Waals surface area contributed by atoms with E-state index < -0.39 is 0 Å². The van der Waals surface area contributed by atoms with Gasteiger partial charge in [0.15, 0.2) is 0 Å². The monoisotopic (exact) mass is 366 g/mol. The highest BCUT2D eigenvalue weighted by Gasteiger charge is 2.51. The smallest absolute Gasteiger partial charge is 0.253 e. The SMILES string of the molecule is O=C(CC12CC3CC(CC(C3)C1)C2)N1CCN(C(=O)c2ccccc2)CC1. The van der Waals surface area contributed by atoms with E-state index in [1.54, 1.807) is 0 Å². The standard InChI is InChI=1S/C23H30N2O2/c26-21(16-23-13-17-10-18(14-23)12-19(11-17)15-23)24-6-8-25(9-7-24)22(27)20-4-2-1-3-5-20/h1-5,17-19H,6-16H2. The second-order valence-electron chi connectivity index (χ2n) is 9.63. The van der Waals surface area contributed by atoms with Crippen LogP contribution >= 0.6 is 0 Å². The van der Waals surface area contributed by atoms with Crippen molar-refractivity contribution in [1.29, 1.82) is 0 Å². The van der Waals surface area contributed by atoms with Crippen LogP contribution in [0.2, 0.25) is 0 Å². The first kappa shape index (κ1) is 17.3. The molecule has 5 fully saturated rings. The van der Waals surface area contributed by atoms with Gasteiger partial charge in [-0.2, -0.15) is 0 Å². The zero-order valence-corrected chi connectivity index (χ0v) is 16.1. The van der Waals surface area contributed by atoms with E-state index in [4.69, 9.17) is 0 Å². The molecule has 0 spiro atoms. The molecular formula is C23H30N2O2. The van der Waals surface area contributed by atoms with Crippen molar-refractivity contribution < 1.29 is 9.59 Å². The van der Waals surface area contributed by atoms with Crippen molar-refractivity contribution in [2.24, 2.45) is 23.2 Å². The first-order valence-corrected chi connectivity index (χ1v) is 10.7. The molecule has 4 aliphatic carbocycles. The fraction of sp³-hybridized carbons (Fsp3) is 0.652. The summed E-state index contributed by atoms with van der Waals surface area (Å²) in [6, 6.07) is 9.47. The zero-order chi connectivity index (χ0) is 18.4. The summed E-state index contributed by atoms with van der Waals surface area (Å²) in [4.78, 5) is 29.6. The predicted molar refractivity (Wildman–Crippen MR) is 104 cm³/mol. The summed E-state index contributed by atoms with van der Waals surface area (Å²) in [5.74, 6) is 3.10. The Labute approximate surface area is 161 Å². The maximum atomic E-state index is 13.1. The summed E-state index contributed by atoms with van der Waals surface area (Å²) < 4.78 is 0. The van der Waals surface area contributed by atoms with Crippen molar-refractivity contribution in [3.8, 4) is 0 Å². The summed E-state index contributed by atoms with van der Waals surface area (Å²) in [5, 5.41) is 0. The number of hydrogen-bond donors (Lipinski definition) is 0. The van der Waals surface area contributed by atoms with Crippen molar-refractivity contribution in [3.63, 3.8) is 0 Å². The van der Waals surface area contributed by atoms with Gasteiger partial charge in [0.2, 0.25) is 5.91 Å². The van der Waals surface area contributed by atoms with Gasteiger partial charge in [-0.15, -0.1) is 0 Å².